The van der Waals surface area contributed by atoms with Gasteiger partial charge in [0.15, 0.2) is 0 Å². The Labute approximate surface area is 235 Å². The summed E-state index contributed by atoms with van der Waals surface area (Å²) in [5.41, 5.74) is 13.4. The van der Waals surface area contributed by atoms with Crippen LogP contribution in [0.3, 0.4) is 0 Å². The molecule has 0 spiro atoms. The standard InChI is InChI=1S/C32H47N7/c1-5-30(24(4)36-26-9-6-22(2)20-26)37-31-23(3)29(21-35-32(31)33)25-7-10-27(11-8-25)38-16-12-28(13-17-38)39-18-14-34-15-19-39/h7-8,10-11,21-22,26,28,34,36H,3,5-6,9,12-20H2,1-2,4H3,(H2,33,35)/b30-24+,37-31+. The molecule has 4 N–H and O–H groups in total. The first-order chi connectivity index (χ1) is 18.9. The molecule has 2 unspecified atom stereocenters. The zero-order valence-corrected chi connectivity index (χ0v) is 24.2. The summed E-state index contributed by atoms with van der Waals surface area (Å²) in [5, 5.41) is 7.19. The molecule has 2 atom stereocenters. The second kappa shape index (κ2) is 12.5. The van der Waals surface area contributed by atoms with Crippen LogP contribution < -0.4 is 21.3 Å². The smallest absolute Gasteiger partial charge is 0.149 e. The molecule has 3 aliphatic heterocycles. The van der Waals surface area contributed by atoms with Crippen LogP contribution in [0.1, 0.15) is 64.9 Å². The maximum absolute atomic E-state index is 6.34. The van der Waals surface area contributed by atoms with Crippen LogP contribution in [-0.4, -0.2) is 67.8 Å². The first-order valence-electron chi connectivity index (χ1n) is 15.0. The van der Waals surface area contributed by atoms with Crippen molar-refractivity contribution in [3.63, 3.8) is 0 Å². The number of hydrogen-bond acceptors (Lipinski definition) is 7. The molecule has 7 heteroatoms. The molecule has 0 radical (unpaired) electrons. The fourth-order valence-corrected chi connectivity index (χ4v) is 6.61. The number of piperidine rings is 1. The highest BCUT2D eigenvalue weighted by molar-refractivity contribution is 6.51. The molecule has 1 saturated carbocycles. The van der Waals surface area contributed by atoms with E-state index in [1.807, 2.05) is 6.20 Å². The Morgan fingerprint density at radius 3 is 2.46 bits per heavy atom. The number of benzene rings is 1. The van der Waals surface area contributed by atoms with Crippen molar-refractivity contribution in [3.8, 4) is 0 Å². The van der Waals surface area contributed by atoms with Gasteiger partial charge in [0.05, 0.1) is 5.70 Å². The van der Waals surface area contributed by atoms with Gasteiger partial charge in [0, 0.05) is 80.1 Å². The van der Waals surface area contributed by atoms with Crippen LogP contribution in [0.25, 0.3) is 5.57 Å². The first kappa shape index (κ1) is 27.7. The van der Waals surface area contributed by atoms with Gasteiger partial charge in [0.2, 0.25) is 0 Å². The summed E-state index contributed by atoms with van der Waals surface area (Å²) in [5.74, 6) is 1.22. The first-order valence-corrected chi connectivity index (χ1v) is 15.0. The summed E-state index contributed by atoms with van der Waals surface area (Å²) < 4.78 is 0. The third-order valence-electron chi connectivity index (χ3n) is 8.99. The van der Waals surface area contributed by atoms with E-state index < -0.39 is 0 Å². The van der Waals surface area contributed by atoms with Crippen molar-refractivity contribution in [2.24, 2.45) is 21.6 Å². The number of hydrogen-bond donors (Lipinski definition) is 3. The maximum Gasteiger partial charge on any atom is 0.149 e. The molecule has 1 aromatic rings. The van der Waals surface area contributed by atoms with Crippen LogP contribution in [0, 0.1) is 5.92 Å². The van der Waals surface area contributed by atoms with Gasteiger partial charge in [-0.1, -0.05) is 32.6 Å². The molecule has 1 aromatic carbocycles. The fourth-order valence-electron chi connectivity index (χ4n) is 6.61. The number of piperazine rings is 1. The molecule has 4 aliphatic rings. The third-order valence-corrected chi connectivity index (χ3v) is 8.99. The molecule has 7 nitrogen and oxygen atoms in total. The molecular formula is C32H47N7. The lowest BCUT2D eigenvalue weighted by molar-refractivity contribution is 0.150. The van der Waals surface area contributed by atoms with E-state index in [1.54, 1.807) is 0 Å². The molecule has 0 aromatic heterocycles. The van der Waals surface area contributed by atoms with Crippen LogP contribution in [0.5, 0.6) is 0 Å². The number of aliphatic imine (C=N–C) groups is 2. The molecule has 39 heavy (non-hydrogen) atoms. The average molecular weight is 530 g/mol. The zero-order chi connectivity index (χ0) is 27.4. The number of allylic oxidation sites excluding steroid dienone is 3. The number of nitrogens with one attached hydrogen (secondary N) is 2. The third kappa shape index (κ3) is 6.47. The molecule has 1 aliphatic carbocycles. The summed E-state index contributed by atoms with van der Waals surface area (Å²) in [6.07, 6.45) is 8.86. The molecule has 2 saturated heterocycles. The van der Waals surface area contributed by atoms with Crippen LogP contribution in [0.15, 0.2) is 64.0 Å². The van der Waals surface area contributed by atoms with Crippen LogP contribution in [0.4, 0.5) is 5.69 Å². The topological polar surface area (TPSA) is 81.3 Å². The molecule has 3 fully saturated rings. The normalized spacial score (nSPS) is 26.9. The van der Waals surface area contributed by atoms with E-state index in [9.17, 15) is 0 Å². The summed E-state index contributed by atoms with van der Waals surface area (Å²) in [4.78, 5) is 14.7. The number of nitrogens with zero attached hydrogens (tertiary/aromatic N) is 4. The predicted octanol–water partition coefficient (Wildman–Crippen LogP) is 4.69. The van der Waals surface area contributed by atoms with Gasteiger partial charge < -0.3 is 21.3 Å². The summed E-state index contributed by atoms with van der Waals surface area (Å²) in [6, 6.07) is 10.1. The number of nitrogens with two attached hydrogens (primary N) is 1. The van der Waals surface area contributed by atoms with Gasteiger partial charge in [-0.3, -0.25) is 4.90 Å². The summed E-state index contributed by atoms with van der Waals surface area (Å²) >= 11 is 0. The van der Waals surface area contributed by atoms with Crippen molar-refractivity contribution >= 4 is 22.8 Å². The minimum Gasteiger partial charge on any atom is -0.384 e. The van der Waals surface area contributed by atoms with E-state index in [4.69, 9.17) is 10.7 Å². The fraction of sp³-hybridized carbons (Fsp3) is 0.562. The van der Waals surface area contributed by atoms with Crippen molar-refractivity contribution in [3.05, 3.63) is 59.6 Å². The van der Waals surface area contributed by atoms with E-state index in [2.05, 4.69) is 77.0 Å². The molecule has 3 heterocycles. The minimum atomic E-state index is 0.431. The molecular weight excluding hydrogens is 482 g/mol. The largest absolute Gasteiger partial charge is 0.384 e. The van der Waals surface area contributed by atoms with Crippen molar-refractivity contribution < 1.29 is 0 Å². The number of anilines is 1. The summed E-state index contributed by atoms with van der Waals surface area (Å²) in [6.45, 7) is 17.8. The Bertz CT molecular complexity index is 1150. The lowest BCUT2D eigenvalue weighted by Gasteiger charge is -2.41. The van der Waals surface area contributed by atoms with Crippen LogP contribution in [-0.2, 0) is 0 Å². The highest BCUT2D eigenvalue weighted by atomic mass is 15.2. The number of rotatable bonds is 7. The molecule has 5 rings (SSSR count). The van der Waals surface area contributed by atoms with Gasteiger partial charge in [-0.25, -0.2) is 9.98 Å². The van der Waals surface area contributed by atoms with E-state index in [1.165, 1.54) is 50.9 Å². The van der Waals surface area contributed by atoms with Gasteiger partial charge in [0.25, 0.3) is 0 Å². The van der Waals surface area contributed by atoms with E-state index in [0.29, 0.717) is 17.6 Å². The van der Waals surface area contributed by atoms with E-state index in [0.717, 1.165) is 72.7 Å². The Morgan fingerprint density at radius 2 is 1.82 bits per heavy atom. The van der Waals surface area contributed by atoms with Gasteiger partial charge in [-0.05, 0) is 69.1 Å². The molecule has 0 bridgehead atoms. The van der Waals surface area contributed by atoms with E-state index >= 15 is 0 Å². The molecule has 210 valence electrons. The van der Waals surface area contributed by atoms with Gasteiger partial charge in [0.1, 0.15) is 11.5 Å². The highest BCUT2D eigenvalue weighted by Crippen LogP contribution is 2.31. The van der Waals surface area contributed by atoms with Crippen molar-refractivity contribution in [2.75, 3.05) is 44.2 Å². The maximum atomic E-state index is 6.34. The van der Waals surface area contributed by atoms with Gasteiger partial charge >= 0.3 is 0 Å². The van der Waals surface area contributed by atoms with Crippen LogP contribution in [0.2, 0.25) is 0 Å². The van der Waals surface area contributed by atoms with E-state index in [-0.39, 0.29) is 0 Å². The average Bonchev–Trinajstić information content (AvgIpc) is 3.38. The predicted molar refractivity (Wildman–Crippen MR) is 165 cm³/mol. The number of amidine groups is 1. The quantitative estimate of drug-likeness (QED) is 0.478. The lowest BCUT2D eigenvalue weighted by Crippen LogP contribution is -2.52. The Morgan fingerprint density at radius 1 is 1.10 bits per heavy atom. The Balaban J connectivity index is 1.25. The minimum absolute atomic E-state index is 0.431. The lowest BCUT2D eigenvalue weighted by atomic mass is 9.93. The SMILES string of the molecule is C=C1C(c2ccc(N3CCC(N4CCNCC4)CC3)cc2)=CN=C(N)/C1=N/C(CC)=C(\C)NC1CCC(C)C1. The zero-order valence-electron chi connectivity index (χ0n) is 24.2. The Kier molecular flexibility index (Phi) is 8.88. The molecule has 0 amide bonds. The second-order valence-corrected chi connectivity index (χ2v) is 11.7. The van der Waals surface area contributed by atoms with Gasteiger partial charge in [-0.15, -0.1) is 0 Å². The Hall–Kier alpha value is -2.90. The summed E-state index contributed by atoms with van der Waals surface area (Å²) in [7, 11) is 0. The van der Waals surface area contributed by atoms with Crippen molar-refractivity contribution in [1.82, 2.24) is 15.5 Å². The second-order valence-electron chi connectivity index (χ2n) is 11.7. The van der Waals surface area contributed by atoms with Crippen molar-refractivity contribution in [2.45, 2.75) is 71.4 Å². The van der Waals surface area contributed by atoms with Gasteiger partial charge in [-0.2, -0.15) is 0 Å². The van der Waals surface area contributed by atoms with Crippen LogP contribution >= 0.6 is 0 Å². The monoisotopic (exact) mass is 529 g/mol. The van der Waals surface area contributed by atoms with Crippen molar-refractivity contribution in [1.29, 1.82) is 0 Å². The highest BCUT2D eigenvalue weighted by Gasteiger charge is 2.26.